The topological polar surface area (TPSA) is 92.1 Å². The van der Waals surface area contributed by atoms with Crippen molar-refractivity contribution in [3.8, 4) is 6.07 Å². The first-order chi connectivity index (χ1) is 7.47. The van der Waals surface area contributed by atoms with Gasteiger partial charge in [-0.05, 0) is 26.7 Å². The van der Waals surface area contributed by atoms with E-state index in [2.05, 4.69) is 6.07 Å². The molecule has 0 aromatic heterocycles. The Kier molecular flexibility index (Phi) is 5.62. The summed E-state index contributed by atoms with van der Waals surface area (Å²) in [7, 11) is -6.58. The van der Waals surface area contributed by atoms with Crippen molar-refractivity contribution < 1.29 is 16.8 Å². The van der Waals surface area contributed by atoms with E-state index in [1.54, 1.807) is 13.8 Å². The zero-order chi connectivity index (χ0) is 13.7. The van der Waals surface area contributed by atoms with Crippen LogP contribution in [0.4, 0.5) is 0 Å². The summed E-state index contributed by atoms with van der Waals surface area (Å²) in [6, 6.07) is 2.09. The SMILES string of the molecule is CC(C)(C#N)CCCS(=O)(=O)CCS(C)(=O)=O. The Morgan fingerprint density at radius 1 is 1.06 bits per heavy atom. The first-order valence-electron chi connectivity index (χ1n) is 5.27. The molecular weight excluding hydrogens is 262 g/mol. The van der Waals surface area contributed by atoms with Crippen molar-refractivity contribution in [2.24, 2.45) is 5.41 Å². The van der Waals surface area contributed by atoms with Crippen LogP contribution in [0, 0.1) is 16.7 Å². The van der Waals surface area contributed by atoms with Gasteiger partial charge in [0.05, 0.1) is 28.7 Å². The van der Waals surface area contributed by atoms with E-state index in [1.807, 2.05) is 0 Å². The van der Waals surface area contributed by atoms with Gasteiger partial charge in [-0.1, -0.05) is 0 Å². The molecule has 0 unspecified atom stereocenters. The summed E-state index contributed by atoms with van der Waals surface area (Å²) in [5.74, 6) is -0.733. The van der Waals surface area contributed by atoms with Crippen molar-refractivity contribution in [2.45, 2.75) is 26.7 Å². The molecule has 0 aromatic carbocycles. The maximum Gasteiger partial charge on any atom is 0.151 e. The monoisotopic (exact) mass is 281 g/mol. The predicted octanol–water partition coefficient (Wildman–Crippen LogP) is 0.776. The molecule has 0 aromatic rings. The number of hydrogen-bond acceptors (Lipinski definition) is 5. The molecule has 0 spiro atoms. The summed E-state index contributed by atoms with van der Waals surface area (Å²) in [5.41, 5.74) is -0.535. The van der Waals surface area contributed by atoms with Crippen LogP contribution in [0.2, 0.25) is 0 Å². The molecule has 0 atom stereocenters. The smallest absolute Gasteiger partial charge is 0.151 e. The van der Waals surface area contributed by atoms with E-state index in [-0.39, 0.29) is 17.3 Å². The molecule has 7 heteroatoms. The Bertz CT molecular complexity index is 483. The molecule has 0 amide bonds. The van der Waals surface area contributed by atoms with E-state index in [4.69, 9.17) is 5.26 Å². The summed E-state index contributed by atoms with van der Waals surface area (Å²) in [6.45, 7) is 3.49. The van der Waals surface area contributed by atoms with E-state index >= 15 is 0 Å². The normalized spacial score (nSPS) is 13.3. The van der Waals surface area contributed by atoms with Crippen LogP contribution < -0.4 is 0 Å². The molecule has 0 radical (unpaired) electrons. The van der Waals surface area contributed by atoms with Crippen LogP contribution in [0.5, 0.6) is 0 Å². The Hall–Kier alpha value is -0.610. The third-order valence-electron chi connectivity index (χ3n) is 2.32. The summed E-state index contributed by atoms with van der Waals surface area (Å²) in [6.07, 6.45) is 1.88. The molecule has 0 N–H and O–H groups in total. The Morgan fingerprint density at radius 2 is 1.59 bits per heavy atom. The zero-order valence-corrected chi connectivity index (χ0v) is 12.1. The third-order valence-corrected chi connectivity index (χ3v) is 5.27. The minimum absolute atomic E-state index is 0.0619. The molecule has 0 aliphatic rings. The van der Waals surface area contributed by atoms with Gasteiger partial charge in [-0.15, -0.1) is 0 Å². The fourth-order valence-corrected chi connectivity index (χ4v) is 4.19. The molecule has 0 bridgehead atoms. The second-order valence-electron chi connectivity index (χ2n) is 4.88. The van der Waals surface area contributed by atoms with Crippen LogP contribution in [0.1, 0.15) is 26.7 Å². The largest absolute Gasteiger partial charge is 0.229 e. The Balaban J connectivity index is 4.18. The molecule has 100 valence electrons. The van der Waals surface area contributed by atoms with E-state index in [1.165, 1.54) is 0 Å². The number of nitrogens with zero attached hydrogens (tertiary/aromatic N) is 1. The van der Waals surface area contributed by atoms with Crippen LogP contribution >= 0.6 is 0 Å². The first-order valence-corrected chi connectivity index (χ1v) is 9.15. The zero-order valence-electron chi connectivity index (χ0n) is 10.4. The van der Waals surface area contributed by atoms with E-state index in [9.17, 15) is 16.8 Å². The molecule has 0 fully saturated rings. The van der Waals surface area contributed by atoms with Gasteiger partial charge in [-0.25, -0.2) is 16.8 Å². The highest BCUT2D eigenvalue weighted by Crippen LogP contribution is 2.20. The number of rotatable bonds is 7. The van der Waals surface area contributed by atoms with E-state index in [0.717, 1.165) is 6.26 Å². The lowest BCUT2D eigenvalue weighted by Crippen LogP contribution is -2.20. The lowest BCUT2D eigenvalue weighted by atomic mass is 9.90. The molecule has 0 aliphatic heterocycles. The van der Waals surface area contributed by atoms with Gasteiger partial charge in [-0.2, -0.15) is 5.26 Å². The van der Waals surface area contributed by atoms with Gasteiger partial charge >= 0.3 is 0 Å². The van der Waals surface area contributed by atoms with Gasteiger partial charge in [0.25, 0.3) is 0 Å². The second-order valence-corrected chi connectivity index (χ2v) is 9.44. The summed E-state index contributed by atoms with van der Waals surface area (Å²) in [4.78, 5) is 0. The first kappa shape index (κ1) is 16.4. The minimum atomic E-state index is -3.33. The maximum atomic E-state index is 11.5. The molecule has 0 rings (SSSR count). The summed E-state index contributed by atoms with van der Waals surface area (Å²) < 4.78 is 44.7. The molecule has 0 saturated carbocycles. The third kappa shape index (κ3) is 9.12. The molecular formula is C10H19NO4S2. The van der Waals surface area contributed by atoms with Gasteiger partial charge < -0.3 is 0 Å². The van der Waals surface area contributed by atoms with E-state index < -0.39 is 25.1 Å². The summed E-state index contributed by atoms with van der Waals surface area (Å²) >= 11 is 0. The molecule has 5 nitrogen and oxygen atoms in total. The fourth-order valence-electron chi connectivity index (χ4n) is 1.17. The van der Waals surface area contributed by atoms with Crippen molar-refractivity contribution in [2.75, 3.05) is 23.5 Å². The lowest BCUT2D eigenvalue weighted by Gasteiger charge is -2.14. The average molecular weight is 281 g/mol. The van der Waals surface area contributed by atoms with Crippen molar-refractivity contribution in [1.29, 1.82) is 5.26 Å². The van der Waals surface area contributed by atoms with E-state index in [0.29, 0.717) is 12.8 Å². The highest BCUT2D eigenvalue weighted by molar-refractivity contribution is 7.94. The standard InChI is InChI=1S/C10H19NO4S2/c1-10(2,9-11)5-4-6-17(14,15)8-7-16(3,12)13/h4-8H2,1-3H3. The maximum absolute atomic E-state index is 11.5. The van der Waals surface area contributed by atoms with Crippen molar-refractivity contribution in [3.05, 3.63) is 0 Å². The Labute approximate surface area is 104 Å². The van der Waals surface area contributed by atoms with Crippen molar-refractivity contribution >= 4 is 19.7 Å². The average Bonchev–Trinajstić information content (AvgIpc) is 2.13. The predicted molar refractivity (Wildman–Crippen MR) is 67.0 cm³/mol. The van der Waals surface area contributed by atoms with Crippen LogP contribution in [0.15, 0.2) is 0 Å². The van der Waals surface area contributed by atoms with Gasteiger partial charge in [-0.3, -0.25) is 0 Å². The van der Waals surface area contributed by atoms with Crippen LogP contribution in [-0.2, 0) is 19.7 Å². The van der Waals surface area contributed by atoms with Crippen molar-refractivity contribution in [1.82, 2.24) is 0 Å². The highest BCUT2D eigenvalue weighted by Gasteiger charge is 2.19. The Morgan fingerprint density at radius 3 is 2.00 bits per heavy atom. The van der Waals surface area contributed by atoms with Gasteiger partial charge in [0.2, 0.25) is 0 Å². The van der Waals surface area contributed by atoms with Gasteiger partial charge in [0.15, 0.2) is 9.84 Å². The van der Waals surface area contributed by atoms with Crippen LogP contribution in [0.3, 0.4) is 0 Å². The van der Waals surface area contributed by atoms with Gasteiger partial charge in [0.1, 0.15) is 9.84 Å². The number of hydrogen-bond donors (Lipinski definition) is 0. The molecule has 17 heavy (non-hydrogen) atoms. The quantitative estimate of drug-likeness (QED) is 0.687. The second kappa shape index (κ2) is 5.83. The highest BCUT2D eigenvalue weighted by atomic mass is 32.2. The molecule has 0 heterocycles. The lowest BCUT2D eigenvalue weighted by molar-refractivity contribution is 0.445. The number of sulfone groups is 2. The fraction of sp³-hybridized carbons (Fsp3) is 0.900. The van der Waals surface area contributed by atoms with Gasteiger partial charge in [0, 0.05) is 6.26 Å². The van der Waals surface area contributed by atoms with Crippen LogP contribution in [0.25, 0.3) is 0 Å². The minimum Gasteiger partial charge on any atom is -0.229 e. The summed E-state index contributed by atoms with van der Waals surface area (Å²) in [5, 5.41) is 8.75. The van der Waals surface area contributed by atoms with Crippen LogP contribution in [-0.4, -0.2) is 40.3 Å². The van der Waals surface area contributed by atoms with Crippen molar-refractivity contribution in [3.63, 3.8) is 0 Å². The molecule has 0 aliphatic carbocycles. The molecule has 0 saturated heterocycles. The number of nitriles is 1.